The molecule has 3 N–H and O–H groups in total. The zero-order chi connectivity index (χ0) is 38.6. The lowest BCUT2D eigenvalue weighted by molar-refractivity contribution is -0.191. The van der Waals surface area contributed by atoms with Crippen molar-refractivity contribution in [1.29, 1.82) is 0 Å². The van der Waals surface area contributed by atoms with Gasteiger partial charge in [-0.3, -0.25) is 9.59 Å². The number of rotatable bonds is 1. The van der Waals surface area contributed by atoms with E-state index in [4.69, 9.17) is 23.7 Å². The van der Waals surface area contributed by atoms with Gasteiger partial charge in [0.1, 0.15) is 37.1 Å². The quantitative estimate of drug-likeness (QED) is 0.150. The van der Waals surface area contributed by atoms with Gasteiger partial charge in [-0.05, 0) is 85.8 Å². The first-order valence-electron chi connectivity index (χ1n) is 18.7. The Morgan fingerprint density at radius 2 is 1.67 bits per heavy atom. The molecule has 9 rings (SSSR count). The molecule has 0 unspecified atom stereocenters. The Kier molecular flexibility index (Phi) is 7.39. The van der Waals surface area contributed by atoms with Gasteiger partial charge in [-0.2, -0.15) is 0 Å². The van der Waals surface area contributed by atoms with E-state index in [0.29, 0.717) is 18.4 Å². The average molecular weight is 749 g/mol. The molecule has 9 aliphatic rings. The third-order valence-electron chi connectivity index (χ3n) is 15.3. The molecule has 2 heterocycles. The maximum Gasteiger partial charge on any atom is 0.338 e. The number of ketones is 1. The van der Waals surface area contributed by atoms with E-state index < -0.39 is 101 Å². The highest BCUT2D eigenvalue weighted by atomic mass is 16.6. The molecule has 5 fully saturated rings. The summed E-state index contributed by atoms with van der Waals surface area (Å²) in [7, 11) is 1.20. The summed E-state index contributed by atoms with van der Waals surface area (Å²) in [5, 5.41) is 35.0. The Labute approximate surface area is 310 Å². The van der Waals surface area contributed by atoms with Gasteiger partial charge in [0.05, 0.1) is 25.0 Å². The van der Waals surface area contributed by atoms with Crippen LogP contribution in [0.25, 0.3) is 0 Å². The summed E-state index contributed by atoms with van der Waals surface area (Å²) in [5.74, 6) is -7.40. The molecule has 0 saturated heterocycles. The molecular formula is C40H44O14. The number of esters is 5. The number of cyclic esters (lactones) is 3. The average Bonchev–Trinajstić information content (AvgIpc) is 4.05. The molecule has 2 aliphatic heterocycles. The summed E-state index contributed by atoms with van der Waals surface area (Å²) in [6, 6.07) is 0. The van der Waals surface area contributed by atoms with Crippen LogP contribution in [0.1, 0.15) is 59.8 Å². The number of Topliss-reactive ketones (excluding diaryl/α,β-unsaturated/α-hetero) is 1. The summed E-state index contributed by atoms with van der Waals surface area (Å²) in [5.41, 5.74) is -2.41. The van der Waals surface area contributed by atoms with E-state index in [9.17, 15) is 44.1 Å². The number of carbonyl (C=O) groups is 6. The van der Waals surface area contributed by atoms with Crippen molar-refractivity contribution in [3.05, 3.63) is 45.1 Å². The Bertz CT molecular complexity index is 2000. The molecule has 14 nitrogen and oxygen atoms in total. The van der Waals surface area contributed by atoms with Crippen LogP contribution in [-0.4, -0.2) is 101 Å². The van der Waals surface area contributed by atoms with Crippen molar-refractivity contribution >= 4 is 35.6 Å². The van der Waals surface area contributed by atoms with Crippen LogP contribution in [0.5, 0.6) is 0 Å². The molecule has 54 heavy (non-hydrogen) atoms. The topological polar surface area (TPSA) is 209 Å². The van der Waals surface area contributed by atoms with Crippen molar-refractivity contribution < 1.29 is 67.8 Å². The minimum absolute atomic E-state index is 0.00479. The van der Waals surface area contributed by atoms with Gasteiger partial charge in [0.15, 0.2) is 11.9 Å². The number of hydrogen-bond acceptors (Lipinski definition) is 14. The first-order chi connectivity index (χ1) is 25.5. The zero-order valence-corrected chi connectivity index (χ0v) is 30.8. The highest BCUT2D eigenvalue weighted by molar-refractivity contribution is 6.09. The standard InChI is InChI=1S/C40H44O14/c1-15-6-7-51-36(48)24(41)12-27(42)52-13-19-21-11-25-37(3,22-10-23(22)39(25,49)14-53-33(15)45)26-9-18-17-8-20(17)38(4)29(18)30(40(21,26)54-35(19)47)28(31(43)32(38)44)16(2)34(46)50-5/h6,17,20,22-26,30,32,41,44,49H,7-14H2,1-5H3/b15-6+,28-16-/t17-,20-,22-,23+,24+,25-,26+,30+,32+,37+,38+,39+,40+/m1/s1. The number of allylic oxidation sites excluding steroid dienone is 1. The van der Waals surface area contributed by atoms with E-state index in [1.165, 1.54) is 27.0 Å². The van der Waals surface area contributed by atoms with Crippen molar-refractivity contribution in [3.63, 3.8) is 0 Å². The van der Waals surface area contributed by atoms with Crippen LogP contribution >= 0.6 is 0 Å². The number of aliphatic hydroxyl groups excluding tert-OH is 2. The van der Waals surface area contributed by atoms with E-state index in [0.717, 1.165) is 17.6 Å². The summed E-state index contributed by atoms with van der Waals surface area (Å²) in [6.45, 7) is 5.59. The van der Waals surface area contributed by atoms with Crippen molar-refractivity contribution in [2.45, 2.75) is 83.2 Å². The number of hydrogen-bond donors (Lipinski definition) is 3. The Balaban J connectivity index is 1.26. The molecule has 2 bridgehead atoms. The van der Waals surface area contributed by atoms with Crippen molar-refractivity contribution in [3.8, 4) is 0 Å². The number of aliphatic hydroxyl groups is 3. The van der Waals surface area contributed by atoms with Crippen LogP contribution < -0.4 is 0 Å². The SMILES string of the molecule is COC(=O)/C(C)=C1\C(=O)[C@H](O)[C@]2(C)C3=C(C[C@@H]4[C@]5(OC(=O)C6=C5C[C@H]5[C@](O)(COC(=O)/C(C)=C/COC(=O)[C@@H](O)CC(=O)OC6)[C@H]6C[C@H]6[C@]45C)[C@H]31)[C@H]1C[C@H]12. The number of methoxy groups -OCH3 is 1. The second kappa shape index (κ2) is 11.2. The summed E-state index contributed by atoms with van der Waals surface area (Å²) >= 11 is 0. The molecule has 288 valence electrons. The zero-order valence-electron chi connectivity index (χ0n) is 30.8. The monoisotopic (exact) mass is 748 g/mol. The first-order valence-corrected chi connectivity index (χ1v) is 18.7. The van der Waals surface area contributed by atoms with Crippen LogP contribution in [0.3, 0.4) is 0 Å². The Morgan fingerprint density at radius 1 is 0.926 bits per heavy atom. The van der Waals surface area contributed by atoms with Gasteiger partial charge in [-0.15, -0.1) is 0 Å². The smallest absolute Gasteiger partial charge is 0.338 e. The third-order valence-corrected chi connectivity index (χ3v) is 15.3. The second-order valence-corrected chi connectivity index (χ2v) is 17.3. The maximum atomic E-state index is 14.6. The van der Waals surface area contributed by atoms with Gasteiger partial charge in [-0.1, -0.05) is 19.4 Å². The van der Waals surface area contributed by atoms with Gasteiger partial charge in [0, 0.05) is 34.0 Å². The van der Waals surface area contributed by atoms with Crippen LogP contribution in [0, 0.1) is 52.3 Å². The molecule has 0 aromatic carbocycles. The molecule has 0 amide bonds. The van der Waals surface area contributed by atoms with Crippen molar-refractivity contribution in [2.24, 2.45) is 52.3 Å². The van der Waals surface area contributed by atoms with Crippen molar-refractivity contribution in [1.82, 2.24) is 0 Å². The molecule has 13 atom stereocenters. The predicted molar refractivity (Wildman–Crippen MR) is 180 cm³/mol. The first kappa shape index (κ1) is 35.6. The van der Waals surface area contributed by atoms with Crippen LogP contribution in [0.4, 0.5) is 0 Å². The number of ether oxygens (including phenoxy) is 5. The molecule has 0 aromatic rings. The largest absolute Gasteiger partial charge is 0.466 e. The Hall–Kier alpha value is -4.14. The third kappa shape index (κ3) is 4.22. The van der Waals surface area contributed by atoms with E-state index in [-0.39, 0.29) is 65.6 Å². The number of fused-ring (bicyclic) bond motifs is 7. The molecule has 1 spiro atoms. The number of carbonyl (C=O) groups excluding carboxylic acids is 6. The van der Waals surface area contributed by atoms with Crippen LogP contribution in [-0.2, 0) is 52.5 Å². The van der Waals surface area contributed by atoms with Crippen molar-refractivity contribution in [2.75, 3.05) is 26.9 Å². The van der Waals surface area contributed by atoms with E-state index >= 15 is 0 Å². The fourth-order valence-corrected chi connectivity index (χ4v) is 12.7. The molecule has 0 radical (unpaired) electrons. The van der Waals surface area contributed by atoms with E-state index in [2.05, 4.69) is 6.92 Å². The summed E-state index contributed by atoms with van der Waals surface area (Å²) < 4.78 is 28.1. The minimum atomic E-state index is -1.89. The highest BCUT2D eigenvalue weighted by Gasteiger charge is 2.84. The second-order valence-electron chi connectivity index (χ2n) is 17.3. The molecule has 7 aliphatic carbocycles. The fourth-order valence-electron chi connectivity index (χ4n) is 12.7. The maximum absolute atomic E-state index is 14.6. The highest BCUT2D eigenvalue weighted by Crippen LogP contribution is 2.83. The summed E-state index contributed by atoms with van der Waals surface area (Å²) in [4.78, 5) is 81.0. The normalized spacial score (nSPS) is 48.0. The summed E-state index contributed by atoms with van der Waals surface area (Å²) in [6.07, 6.45) is -0.902. The van der Waals surface area contributed by atoms with Crippen LogP contribution in [0.15, 0.2) is 45.1 Å². The molecule has 14 heteroatoms. The van der Waals surface area contributed by atoms with Crippen LogP contribution in [0.2, 0.25) is 0 Å². The van der Waals surface area contributed by atoms with Gasteiger partial charge in [0.2, 0.25) is 0 Å². The van der Waals surface area contributed by atoms with E-state index in [1.54, 1.807) is 0 Å². The van der Waals surface area contributed by atoms with E-state index in [1.807, 2.05) is 6.92 Å². The Morgan fingerprint density at radius 3 is 2.39 bits per heavy atom. The lowest BCUT2D eigenvalue weighted by Gasteiger charge is -2.63. The molecular weight excluding hydrogens is 704 g/mol. The fraction of sp³-hybridized carbons (Fsp3) is 0.650. The predicted octanol–water partition coefficient (Wildman–Crippen LogP) is 1.35. The minimum Gasteiger partial charge on any atom is -0.466 e. The lowest BCUT2D eigenvalue weighted by atomic mass is 9.42. The van der Waals surface area contributed by atoms with Gasteiger partial charge in [-0.25, -0.2) is 19.2 Å². The molecule has 0 aromatic heterocycles. The van der Waals surface area contributed by atoms with Gasteiger partial charge >= 0.3 is 29.8 Å². The van der Waals surface area contributed by atoms with Gasteiger partial charge in [0.25, 0.3) is 0 Å². The van der Waals surface area contributed by atoms with Gasteiger partial charge < -0.3 is 39.0 Å². The lowest BCUT2D eigenvalue weighted by Crippen LogP contribution is -2.67. The molecule has 5 saturated carbocycles.